The van der Waals surface area contributed by atoms with E-state index in [2.05, 4.69) is 4.99 Å². The summed E-state index contributed by atoms with van der Waals surface area (Å²) in [6.07, 6.45) is -3.42. The summed E-state index contributed by atoms with van der Waals surface area (Å²) in [5.74, 6) is -3.22. The smallest absolute Gasteiger partial charge is 0.303 e. The highest BCUT2D eigenvalue weighted by Gasteiger charge is 2.53. The molecule has 14 heteroatoms. The van der Waals surface area contributed by atoms with E-state index in [1.807, 2.05) is 36.6 Å². The number of nitrogens with zero attached hydrogens (tertiary/aromatic N) is 2. The Balaban J connectivity index is 1.78. The Morgan fingerprint density at radius 2 is 1.56 bits per heavy atom. The monoisotopic (exact) mass is 630 g/mol. The van der Waals surface area contributed by atoms with Gasteiger partial charge in [0.1, 0.15) is 18.4 Å². The molecule has 4 rings (SSSR count). The molecule has 1 saturated heterocycles. The number of benzene rings is 1. The van der Waals surface area contributed by atoms with Crippen molar-refractivity contribution in [2.75, 3.05) is 11.5 Å². The minimum atomic E-state index is -1.34. The number of aryl methyl sites for hydroxylation is 1. The third kappa shape index (κ3) is 8.09. The molecule has 43 heavy (non-hydrogen) atoms. The van der Waals surface area contributed by atoms with Gasteiger partial charge < -0.3 is 23.7 Å². The zero-order valence-electron chi connectivity index (χ0n) is 24.0. The van der Waals surface area contributed by atoms with Crippen LogP contribution >= 0.6 is 23.1 Å². The Kier molecular flexibility index (Phi) is 10.4. The minimum Gasteiger partial charge on any atom is -0.463 e. The van der Waals surface area contributed by atoms with E-state index in [0.717, 1.165) is 43.0 Å². The van der Waals surface area contributed by atoms with Gasteiger partial charge >= 0.3 is 23.9 Å². The molecular weight excluding hydrogens is 600 g/mol. The lowest BCUT2D eigenvalue weighted by Gasteiger charge is -2.44. The maximum absolute atomic E-state index is 13.7. The number of thioether (sulfide) groups is 1. The van der Waals surface area contributed by atoms with E-state index in [9.17, 15) is 24.0 Å². The van der Waals surface area contributed by atoms with Gasteiger partial charge in [-0.25, -0.2) is 4.99 Å². The summed E-state index contributed by atoms with van der Waals surface area (Å²) in [5, 5.41) is 2.07. The quantitative estimate of drug-likeness (QED) is 0.239. The molecule has 0 unspecified atom stereocenters. The van der Waals surface area contributed by atoms with Crippen molar-refractivity contribution < 1.29 is 47.7 Å². The number of carbonyl (C=O) groups is 5. The van der Waals surface area contributed by atoms with Crippen molar-refractivity contribution in [3.8, 4) is 0 Å². The summed E-state index contributed by atoms with van der Waals surface area (Å²) < 4.78 is 27.9. The summed E-state index contributed by atoms with van der Waals surface area (Å²) in [7, 11) is 0. The first-order chi connectivity index (χ1) is 20.4. The molecule has 0 spiro atoms. The van der Waals surface area contributed by atoms with Gasteiger partial charge in [0.2, 0.25) is 0 Å². The fourth-order valence-electron chi connectivity index (χ4n) is 4.39. The number of hydrogen-bond donors (Lipinski definition) is 0. The third-order valence-corrected chi connectivity index (χ3v) is 8.03. The molecule has 1 amide bonds. The van der Waals surface area contributed by atoms with Crippen molar-refractivity contribution in [2.24, 2.45) is 4.99 Å². The van der Waals surface area contributed by atoms with E-state index in [1.54, 1.807) is 18.2 Å². The van der Waals surface area contributed by atoms with Gasteiger partial charge in [-0.1, -0.05) is 35.5 Å². The van der Waals surface area contributed by atoms with Crippen molar-refractivity contribution in [3.63, 3.8) is 0 Å². The van der Waals surface area contributed by atoms with E-state index >= 15 is 0 Å². The molecule has 5 atom stereocenters. The summed E-state index contributed by atoms with van der Waals surface area (Å²) in [6, 6.07) is 10.9. The average Bonchev–Trinajstić information content (AvgIpc) is 3.54. The zero-order valence-corrected chi connectivity index (χ0v) is 25.6. The molecule has 1 aromatic carbocycles. The Hall–Kier alpha value is -4.01. The first-order valence-electron chi connectivity index (χ1n) is 13.1. The second-order valence-corrected chi connectivity index (χ2v) is 11.6. The van der Waals surface area contributed by atoms with Gasteiger partial charge in [-0.15, -0.1) is 11.3 Å². The maximum Gasteiger partial charge on any atom is 0.303 e. The van der Waals surface area contributed by atoms with Crippen LogP contribution in [0, 0.1) is 6.92 Å². The van der Waals surface area contributed by atoms with Crippen LogP contribution in [-0.2, 0) is 47.7 Å². The number of aliphatic imine (C=N–C) groups is 1. The first-order valence-corrected chi connectivity index (χ1v) is 14.9. The molecule has 0 radical (unpaired) electrons. The Morgan fingerprint density at radius 1 is 0.930 bits per heavy atom. The molecule has 2 aliphatic heterocycles. The largest absolute Gasteiger partial charge is 0.463 e. The van der Waals surface area contributed by atoms with E-state index in [1.165, 1.54) is 23.2 Å². The van der Waals surface area contributed by atoms with Crippen LogP contribution < -0.4 is 4.90 Å². The van der Waals surface area contributed by atoms with Gasteiger partial charge in [0.15, 0.2) is 28.9 Å². The maximum atomic E-state index is 13.7. The Morgan fingerprint density at radius 3 is 2.14 bits per heavy atom. The minimum absolute atomic E-state index is 0.163. The lowest BCUT2D eigenvalue weighted by Crippen LogP contribution is -2.61. The molecule has 12 nitrogen and oxygen atoms in total. The van der Waals surface area contributed by atoms with E-state index in [0.29, 0.717) is 5.69 Å². The van der Waals surface area contributed by atoms with Gasteiger partial charge in [-0.3, -0.25) is 28.9 Å². The number of amides is 1. The van der Waals surface area contributed by atoms with Crippen molar-refractivity contribution in [1.82, 2.24) is 0 Å². The highest BCUT2D eigenvalue weighted by Crippen LogP contribution is 2.39. The predicted molar refractivity (Wildman–Crippen MR) is 158 cm³/mol. The summed E-state index contributed by atoms with van der Waals surface area (Å²) >= 11 is 2.38. The molecule has 0 saturated carbocycles. The Labute approximate surface area is 256 Å². The normalized spacial score (nSPS) is 24.3. The third-order valence-electron chi connectivity index (χ3n) is 6.11. The molecule has 3 heterocycles. The highest BCUT2D eigenvalue weighted by molar-refractivity contribution is 8.14. The van der Waals surface area contributed by atoms with Crippen LogP contribution in [0.3, 0.4) is 0 Å². The summed E-state index contributed by atoms with van der Waals surface area (Å²) in [4.78, 5) is 68.6. The fourth-order valence-corrected chi connectivity index (χ4v) is 6.24. The van der Waals surface area contributed by atoms with Crippen LogP contribution in [0.25, 0.3) is 6.08 Å². The number of ether oxygens (including phenoxy) is 5. The second-order valence-electron chi connectivity index (χ2n) is 9.60. The van der Waals surface area contributed by atoms with E-state index < -0.39 is 59.6 Å². The zero-order chi connectivity index (χ0) is 31.3. The number of hydrogen-bond acceptors (Lipinski definition) is 13. The van der Waals surface area contributed by atoms with Crippen LogP contribution in [0.5, 0.6) is 0 Å². The molecule has 0 aliphatic carbocycles. The van der Waals surface area contributed by atoms with Gasteiger partial charge in [-0.2, -0.15) is 0 Å². The predicted octanol–water partition coefficient (Wildman–Crippen LogP) is 3.62. The van der Waals surface area contributed by atoms with Crippen LogP contribution in [0.2, 0.25) is 0 Å². The SMILES string of the molecule is CC(=O)OC[C@@H]1O[C@@H](SC2=N/C(=C\c3cccs3)C(=O)N2c2ccc(C)cc2)[C@@H](OC(C)=O)[C@@H](OC(C)=O)[C@@H]1OC(C)=O. The number of amidine groups is 1. The van der Waals surface area contributed by atoms with Gasteiger partial charge in [0, 0.05) is 32.6 Å². The fraction of sp³-hybridized carbons (Fsp3) is 0.379. The lowest BCUT2D eigenvalue weighted by molar-refractivity contribution is -0.237. The first kappa shape index (κ1) is 31.9. The molecule has 0 N–H and O–H groups in total. The van der Waals surface area contributed by atoms with Crippen LogP contribution in [0.15, 0.2) is 52.5 Å². The van der Waals surface area contributed by atoms with E-state index in [4.69, 9.17) is 23.7 Å². The number of esters is 4. The van der Waals surface area contributed by atoms with Gasteiger partial charge in [-0.05, 0) is 36.6 Å². The van der Waals surface area contributed by atoms with Crippen LogP contribution in [-0.4, -0.2) is 71.4 Å². The second kappa shape index (κ2) is 14.0. The number of rotatable bonds is 8. The van der Waals surface area contributed by atoms with Crippen LogP contribution in [0.4, 0.5) is 5.69 Å². The molecule has 1 fully saturated rings. The van der Waals surface area contributed by atoms with Gasteiger partial charge in [0.25, 0.3) is 5.91 Å². The standard InChI is InChI=1S/C29H30N2O10S2/c1-15-8-10-20(11-9-15)31-27(36)22(13-21-7-6-12-42-21)30-29(31)43-28-26(40-19(5)35)25(39-18(4)34)24(38-17(3)33)23(41-28)14-37-16(2)32/h6-13,23-26,28H,14H2,1-5H3/b22-13-/t23-,24+,25-,26-,28-/m0/s1. The van der Waals surface area contributed by atoms with Gasteiger partial charge in [0.05, 0.1) is 5.69 Å². The summed E-state index contributed by atoms with van der Waals surface area (Å²) in [5.41, 5.74) is 0.523. The average molecular weight is 631 g/mol. The van der Waals surface area contributed by atoms with Crippen molar-refractivity contribution in [1.29, 1.82) is 0 Å². The molecule has 228 valence electrons. The van der Waals surface area contributed by atoms with Crippen molar-refractivity contribution >= 4 is 69.8 Å². The molecule has 2 aliphatic rings. The van der Waals surface area contributed by atoms with E-state index in [-0.39, 0.29) is 17.5 Å². The molecular formula is C29H30N2O10S2. The topological polar surface area (TPSA) is 147 Å². The number of thiophene rings is 1. The molecule has 2 aromatic rings. The molecule has 1 aromatic heterocycles. The number of carbonyl (C=O) groups excluding carboxylic acids is 5. The highest BCUT2D eigenvalue weighted by atomic mass is 32.2. The summed E-state index contributed by atoms with van der Waals surface area (Å²) in [6.45, 7) is 6.20. The Bertz CT molecular complexity index is 1440. The van der Waals surface area contributed by atoms with Crippen molar-refractivity contribution in [2.45, 2.75) is 64.5 Å². The molecule has 0 bridgehead atoms. The van der Waals surface area contributed by atoms with Crippen LogP contribution in [0.1, 0.15) is 38.1 Å². The lowest BCUT2D eigenvalue weighted by atomic mass is 9.99. The van der Waals surface area contributed by atoms with Crippen molar-refractivity contribution in [3.05, 3.63) is 57.9 Å². The number of anilines is 1.